The van der Waals surface area contributed by atoms with Crippen LogP contribution in [0.15, 0.2) is 66.0 Å². The summed E-state index contributed by atoms with van der Waals surface area (Å²) in [6.07, 6.45) is 1.92. The van der Waals surface area contributed by atoms with Crippen LogP contribution in [0.1, 0.15) is 47.9 Å². The number of hydrogen-bond donors (Lipinski definition) is 0. The zero-order valence-electron chi connectivity index (χ0n) is 19.7. The minimum absolute atomic E-state index is 0.00879. The molecule has 0 saturated heterocycles. The van der Waals surface area contributed by atoms with E-state index in [1.165, 1.54) is 10.4 Å². The molecule has 1 aliphatic heterocycles. The number of rotatable bonds is 8. The zero-order chi connectivity index (χ0) is 24.1. The van der Waals surface area contributed by atoms with Gasteiger partial charge < -0.3 is 9.80 Å². The van der Waals surface area contributed by atoms with Crippen molar-refractivity contribution in [1.29, 1.82) is 0 Å². The summed E-state index contributed by atoms with van der Waals surface area (Å²) in [5.41, 5.74) is 3.36. The highest BCUT2D eigenvalue weighted by Gasteiger charge is 2.34. The monoisotopic (exact) mass is 494 g/mol. The van der Waals surface area contributed by atoms with E-state index in [2.05, 4.69) is 25.3 Å². The molecule has 2 heterocycles. The molecule has 0 aliphatic carbocycles. The average molecular weight is 495 g/mol. The number of hydrogen-bond acceptors (Lipinski definition) is 3. The number of nitrogens with zero attached hydrogens (tertiary/aromatic N) is 2. The molecule has 1 atom stereocenters. The van der Waals surface area contributed by atoms with E-state index in [9.17, 15) is 9.59 Å². The summed E-state index contributed by atoms with van der Waals surface area (Å²) < 4.78 is 0. The van der Waals surface area contributed by atoms with Gasteiger partial charge in [0.15, 0.2) is 0 Å². The lowest BCUT2D eigenvalue weighted by molar-refractivity contribution is -0.142. The second kappa shape index (κ2) is 11.2. The van der Waals surface area contributed by atoms with Gasteiger partial charge in [-0.25, -0.2) is 0 Å². The standard InChI is InChI=1S/C28H31ClN2O2S/c1-20(2)18-30(26(32)13-8-21-6-4-3-5-7-21)19-27(33)31-16-14-25-24(15-17-34-25)28(31)22-9-11-23(29)12-10-22/h3-7,9-12,15,17,20,28H,8,13-14,16,18-19H2,1-2H3. The zero-order valence-corrected chi connectivity index (χ0v) is 21.3. The Bertz CT molecular complexity index is 1110. The first-order valence-electron chi connectivity index (χ1n) is 11.8. The molecule has 0 bridgehead atoms. The molecule has 0 radical (unpaired) electrons. The lowest BCUT2D eigenvalue weighted by atomic mass is 9.93. The van der Waals surface area contributed by atoms with Gasteiger partial charge in [-0.1, -0.05) is 67.9 Å². The summed E-state index contributed by atoms with van der Waals surface area (Å²) >= 11 is 7.88. The molecular weight excluding hydrogens is 464 g/mol. The van der Waals surface area contributed by atoms with Crippen molar-refractivity contribution >= 4 is 34.8 Å². The first-order valence-corrected chi connectivity index (χ1v) is 13.1. The largest absolute Gasteiger partial charge is 0.333 e. The van der Waals surface area contributed by atoms with Crippen LogP contribution < -0.4 is 0 Å². The third-order valence-corrected chi connectivity index (χ3v) is 7.46. The predicted molar refractivity (Wildman–Crippen MR) is 139 cm³/mol. The molecule has 6 heteroatoms. The van der Waals surface area contributed by atoms with Gasteiger partial charge in [0.1, 0.15) is 0 Å². The van der Waals surface area contributed by atoms with Gasteiger partial charge in [-0.3, -0.25) is 9.59 Å². The van der Waals surface area contributed by atoms with Gasteiger partial charge in [0.25, 0.3) is 0 Å². The van der Waals surface area contributed by atoms with E-state index >= 15 is 0 Å². The molecule has 1 aromatic heterocycles. The van der Waals surface area contributed by atoms with E-state index < -0.39 is 0 Å². The topological polar surface area (TPSA) is 40.6 Å². The molecule has 0 saturated carbocycles. The number of carbonyl (C=O) groups excluding carboxylic acids is 2. The molecule has 4 rings (SSSR count). The fourth-order valence-electron chi connectivity index (χ4n) is 4.59. The molecule has 2 amide bonds. The number of halogens is 1. The van der Waals surface area contributed by atoms with E-state index in [0.717, 1.165) is 17.5 Å². The van der Waals surface area contributed by atoms with Crippen molar-refractivity contribution in [2.75, 3.05) is 19.6 Å². The van der Waals surface area contributed by atoms with Gasteiger partial charge in [-0.2, -0.15) is 0 Å². The highest BCUT2D eigenvalue weighted by atomic mass is 35.5. The maximum atomic E-state index is 13.7. The molecule has 0 fully saturated rings. The normalized spacial score (nSPS) is 15.3. The summed E-state index contributed by atoms with van der Waals surface area (Å²) in [6.45, 7) is 5.49. The lowest BCUT2D eigenvalue weighted by Gasteiger charge is -2.38. The van der Waals surface area contributed by atoms with Crippen molar-refractivity contribution in [3.05, 3.63) is 92.6 Å². The fraction of sp³-hybridized carbons (Fsp3) is 0.357. The molecule has 34 heavy (non-hydrogen) atoms. The number of aryl methyl sites for hydroxylation is 1. The Labute approximate surface area is 211 Å². The second-order valence-electron chi connectivity index (χ2n) is 9.24. The highest BCUT2D eigenvalue weighted by molar-refractivity contribution is 7.10. The molecule has 1 unspecified atom stereocenters. The summed E-state index contributed by atoms with van der Waals surface area (Å²) in [6, 6.07) is 19.7. The van der Waals surface area contributed by atoms with E-state index in [1.54, 1.807) is 16.2 Å². The van der Waals surface area contributed by atoms with Crippen LogP contribution in [-0.4, -0.2) is 41.2 Å². The summed E-state index contributed by atoms with van der Waals surface area (Å²) in [5, 5.41) is 2.77. The molecule has 178 valence electrons. The minimum Gasteiger partial charge on any atom is -0.333 e. The van der Waals surface area contributed by atoms with Gasteiger partial charge in [0, 0.05) is 29.4 Å². The van der Waals surface area contributed by atoms with E-state index in [4.69, 9.17) is 11.6 Å². The van der Waals surface area contributed by atoms with Crippen LogP contribution in [0.2, 0.25) is 5.02 Å². The third kappa shape index (κ3) is 5.89. The van der Waals surface area contributed by atoms with Crippen LogP contribution >= 0.6 is 22.9 Å². The Morgan fingerprint density at radius 1 is 1.09 bits per heavy atom. The number of amides is 2. The number of carbonyl (C=O) groups is 2. The molecule has 3 aromatic rings. The number of thiophene rings is 1. The van der Waals surface area contributed by atoms with Gasteiger partial charge in [0.05, 0.1) is 12.6 Å². The van der Waals surface area contributed by atoms with Gasteiger partial charge in [-0.15, -0.1) is 11.3 Å². The van der Waals surface area contributed by atoms with Crippen molar-refractivity contribution in [2.24, 2.45) is 5.92 Å². The maximum Gasteiger partial charge on any atom is 0.242 e. The van der Waals surface area contributed by atoms with Crippen molar-refractivity contribution in [3.8, 4) is 0 Å². The fourth-order valence-corrected chi connectivity index (χ4v) is 5.62. The Hall–Kier alpha value is -2.63. The van der Waals surface area contributed by atoms with E-state index in [1.807, 2.05) is 59.5 Å². The summed E-state index contributed by atoms with van der Waals surface area (Å²) in [4.78, 5) is 31.8. The van der Waals surface area contributed by atoms with Crippen LogP contribution in [-0.2, 0) is 22.4 Å². The predicted octanol–water partition coefficient (Wildman–Crippen LogP) is 5.99. The van der Waals surface area contributed by atoms with Crippen LogP contribution in [0.4, 0.5) is 0 Å². The van der Waals surface area contributed by atoms with Crippen LogP contribution in [0.25, 0.3) is 0 Å². The Balaban J connectivity index is 1.52. The Kier molecular flexibility index (Phi) is 8.07. The lowest BCUT2D eigenvalue weighted by Crippen LogP contribution is -2.47. The first kappa shape index (κ1) is 24.5. The third-order valence-electron chi connectivity index (χ3n) is 6.21. The molecule has 2 aromatic carbocycles. The van der Waals surface area contributed by atoms with Gasteiger partial charge in [-0.05, 0) is 59.0 Å². The van der Waals surface area contributed by atoms with Crippen molar-refractivity contribution in [2.45, 2.75) is 39.2 Å². The second-order valence-corrected chi connectivity index (χ2v) is 10.7. The van der Waals surface area contributed by atoms with Crippen molar-refractivity contribution in [3.63, 3.8) is 0 Å². The van der Waals surface area contributed by atoms with Crippen molar-refractivity contribution in [1.82, 2.24) is 9.80 Å². The van der Waals surface area contributed by atoms with Gasteiger partial charge in [0.2, 0.25) is 11.8 Å². The first-order chi connectivity index (χ1) is 16.4. The van der Waals surface area contributed by atoms with E-state index in [0.29, 0.717) is 31.0 Å². The highest BCUT2D eigenvalue weighted by Crippen LogP contribution is 2.38. The van der Waals surface area contributed by atoms with Crippen LogP contribution in [0.5, 0.6) is 0 Å². The van der Waals surface area contributed by atoms with Crippen LogP contribution in [0.3, 0.4) is 0 Å². The summed E-state index contributed by atoms with van der Waals surface area (Å²) in [7, 11) is 0. The minimum atomic E-state index is -0.153. The number of benzene rings is 2. The quantitative estimate of drug-likeness (QED) is 0.385. The molecule has 0 N–H and O–H groups in total. The molecular formula is C28H31ClN2O2S. The maximum absolute atomic E-state index is 13.7. The SMILES string of the molecule is CC(C)CN(CC(=O)N1CCc2sccc2C1c1ccc(Cl)cc1)C(=O)CCc1ccccc1. The Morgan fingerprint density at radius 3 is 2.53 bits per heavy atom. The van der Waals surface area contributed by atoms with Crippen LogP contribution in [0, 0.1) is 5.92 Å². The van der Waals surface area contributed by atoms with Gasteiger partial charge >= 0.3 is 0 Å². The Morgan fingerprint density at radius 2 is 1.82 bits per heavy atom. The average Bonchev–Trinajstić information content (AvgIpc) is 3.31. The van der Waals surface area contributed by atoms with E-state index in [-0.39, 0.29) is 30.3 Å². The number of fused-ring (bicyclic) bond motifs is 1. The smallest absolute Gasteiger partial charge is 0.242 e. The van der Waals surface area contributed by atoms with Crippen molar-refractivity contribution < 1.29 is 9.59 Å². The summed E-state index contributed by atoms with van der Waals surface area (Å²) in [5.74, 6) is 0.304. The molecule has 1 aliphatic rings. The molecule has 0 spiro atoms. The molecule has 4 nitrogen and oxygen atoms in total.